The van der Waals surface area contributed by atoms with Gasteiger partial charge in [0.15, 0.2) is 0 Å². The van der Waals surface area contributed by atoms with Crippen LogP contribution in [0.2, 0.25) is 0 Å². The van der Waals surface area contributed by atoms with Crippen molar-refractivity contribution < 1.29 is 39.8 Å². The van der Waals surface area contributed by atoms with E-state index in [0.29, 0.717) is 5.69 Å². The normalized spacial score (nSPS) is 13.0. The minimum absolute atomic E-state index is 0.188. The minimum atomic E-state index is -4.68. The molecule has 154 valence electrons. The number of anilines is 1. The number of carbonyl (C=O) groups excluding carboxylic acids is 1. The van der Waals surface area contributed by atoms with E-state index in [2.05, 4.69) is 19.2 Å². The number of amides is 1. The molecule has 1 aromatic carbocycles. The van der Waals surface area contributed by atoms with Gasteiger partial charge in [-0.25, -0.2) is 13.2 Å². The van der Waals surface area contributed by atoms with Crippen LogP contribution in [-0.4, -0.2) is 66.1 Å². The number of aromatic carboxylic acids is 1. The number of aromatic amines is 1. The Kier molecular flexibility index (Phi) is 7.84. The Bertz CT molecular complexity index is 1040. The summed E-state index contributed by atoms with van der Waals surface area (Å²) >= 11 is -4.68. The number of aromatic nitrogens is 2. The fourth-order valence-corrected chi connectivity index (χ4v) is 4.48. The van der Waals surface area contributed by atoms with Crippen LogP contribution in [0.5, 0.6) is 5.75 Å². The van der Waals surface area contributed by atoms with Gasteiger partial charge in [0.25, 0.3) is 9.05 Å². The average Bonchev–Trinajstić information content (AvgIpc) is 3.07. The van der Waals surface area contributed by atoms with Crippen molar-refractivity contribution in [3.05, 3.63) is 30.0 Å². The summed E-state index contributed by atoms with van der Waals surface area (Å²) in [7, 11) is 1.88. The Balaban J connectivity index is 0.000000292. The summed E-state index contributed by atoms with van der Waals surface area (Å²) in [5, 5.41) is 24.9. The number of benzene rings is 1. The first-order valence-corrected chi connectivity index (χ1v) is 12.6. The Morgan fingerprint density at radius 1 is 1.36 bits per heavy atom. The van der Waals surface area contributed by atoms with Crippen molar-refractivity contribution in [2.75, 3.05) is 12.4 Å². The molecule has 1 unspecified atom stereocenters. The first-order chi connectivity index (χ1) is 12.8. The first kappa shape index (κ1) is 23.7. The van der Waals surface area contributed by atoms with Crippen LogP contribution in [0.1, 0.15) is 17.3 Å². The number of phenols is 1. The number of aromatic hydroxyl groups is 1. The van der Waals surface area contributed by atoms with Gasteiger partial charge in [-0.1, -0.05) is 0 Å². The van der Waals surface area contributed by atoms with Gasteiger partial charge in [0.05, 0.1) is 0 Å². The molecule has 0 radical (unpaired) electrons. The zero-order valence-corrected chi connectivity index (χ0v) is 17.7. The quantitative estimate of drug-likeness (QED) is 0.205. The molecule has 12 nitrogen and oxygen atoms in total. The van der Waals surface area contributed by atoms with Crippen LogP contribution >= 0.6 is 10.7 Å². The van der Waals surface area contributed by atoms with Crippen molar-refractivity contribution in [1.29, 1.82) is 0 Å². The number of carbonyl (C=O) groups is 2. The maximum atomic E-state index is 11.6. The summed E-state index contributed by atoms with van der Waals surface area (Å²) in [6.45, 7) is 1.31. The smallest absolute Gasteiger partial charge is 0.340 e. The van der Waals surface area contributed by atoms with E-state index < -0.39 is 39.8 Å². The van der Waals surface area contributed by atoms with Crippen molar-refractivity contribution in [3.8, 4) is 5.75 Å². The molecule has 0 aliphatic carbocycles. The molecule has 1 atom stereocenters. The van der Waals surface area contributed by atoms with Gasteiger partial charge in [-0.2, -0.15) is 5.10 Å². The Morgan fingerprint density at radius 2 is 1.96 bits per heavy atom. The van der Waals surface area contributed by atoms with E-state index >= 15 is 0 Å². The topological polar surface area (TPSA) is 196 Å². The molecule has 0 saturated heterocycles. The van der Waals surface area contributed by atoms with Gasteiger partial charge in [0.1, 0.15) is 5.56 Å². The number of rotatable bonds is 5. The van der Waals surface area contributed by atoms with Gasteiger partial charge < -0.3 is 5.11 Å². The molecule has 28 heavy (non-hydrogen) atoms. The summed E-state index contributed by atoms with van der Waals surface area (Å²) in [5.41, 5.74) is -0.141. The summed E-state index contributed by atoms with van der Waals surface area (Å²) < 4.78 is 46.6. The van der Waals surface area contributed by atoms with Crippen LogP contribution in [0.3, 0.4) is 0 Å². The molecule has 2 rings (SSSR count). The van der Waals surface area contributed by atoms with Gasteiger partial charge in [-0.05, 0) is 0 Å². The third-order valence-corrected chi connectivity index (χ3v) is 7.19. The zero-order chi connectivity index (χ0) is 21.7. The second-order valence-corrected chi connectivity index (χ2v) is 11.4. The number of carboxylic acids is 1. The third kappa shape index (κ3) is 6.39. The molecule has 1 amide bonds. The third-order valence-electron chi connectivity index (χ3n) is 2.91. The van der Waals surface area contributed by atoms with Crippen molar-refractivity contribution in [2.45, 2.75) is 11.9 Å². The zero-order valence-electron chi connectivity index (χ0n) is 14.3. The van der Waals surface area contributed by atoms with E-state index in [1.165, 1.54) is 25.1 Å². The Morgan fingerprint density at radius 3 is 2.39 bits per heavy atom. The van der Waals surface area contributed by atoms with Crippen molar-refractivity contribution >= 4 is 55.8 Å². The van der Waals surface area contributed by atoms with E-state index in [0.717, 1.165) is 13.3 Å². The van der Waals surface area contributed by atoms with Crippen molar-refractivity contribution in [1.82, 2.24) is 10.2 Å². The standard InChI is InChI=1S/C9H12AsNO5.C4H3ClN2O4S/c1-6(12)11-7-3-4-9(13)8(5-7)10(14,15)16-2;5-12(10,11)3-2(4(8)9)1-6-7-3/h3-5,13H,1-2H3,(H,11,12)(H,14,15);1H,(H,6,7)(H,8,9). The summed E-state index contributed by atoms with van der Waals surface area (Å²) in [5.74, 6) is -2.04. The molecule has 15 heteroatoms. The fourth-order valence-electron chi connectivity index (χ4n) is 1.75. The Labute approximate surface area is 165 Å². The molecule has 2 aromatic rings. The molecule has 0 saturated carbocycles. The maximum absolute atomic E-state index is 11.6. The van der Waals surface area contributed by atoms with E-state index in [9.17, 15) is 30.9 Å². The number of phenolic OH excluding ortho intramolecular Hbond substituents is 1. The van der Waals surface area contributed by atoms with E-state index in [4.69, 9.17) is 15.8 Å². The number of nitrogens with zero attached hydrogens (tertiary/aromatic N) is 1. The molecule has 0 aliphatic heterocycles. The number of nitrogens with one attached hydrogen (secondary N) is 2. The van der Waals surface area contributed by atoms with Crippen LogP contribution in [0.4, 0.5) is 5.69 Å². The van der Waals surface area contributed by atoms with Crippen LogP contribution in [0, 0.1) is 0 Å². The number of hydrogen-bond acceptors (Lipinski definition) is 8. The van der Waals surface area contributed by atoms with Crippen LogP contribution in [0.15, 0.2) is 29.4 Å². The van der Waals surface area contributed by atoms with E-state index in [1.54, 1.807) is 0 Å². The predicted octanol–water partition coefficient (Wildman–Crippen LogP) is -0.399. The molecule has 0 fully saturated rings. The molecule has 5 N–H and O–H groups in total. The number of hydrogen-bond donors (Lipinski definition) is 5. The van der Waals surface area contributed by atoms with Crippen LogP contribution < -0.4 is 9.67 Å². The van der Waals surface area contributed by atoms with Gasteiger partial charge in [-0.3, -0.25) is 5.10 Å². The van der Waals surface area contributed by atoms with Gasteiger partial charge >= 0.3 is 101 Å². The second kappa shape index (κ2) is 9.26. The van der Waals surface area contributed by atoms with Crippen LogP contribution in [-0.2, 0) is 21.3 Å². The van der Waals surface area contributed by atoms with Gasteiger partial charge in [-0.15, -0.1) is 0 Å². The molecule has 0 aliphatic rings. The monoisotopic (exact) mass is 499 g/mol. The molecule has 1 heterocycles. The fraction of sp³-hybridized carbons (Fsp3) is 0.154. The molecular weight excluding hydrogens is 485 g/mol. The largest absolute Gasteiger partial charge is 0.478 e. The molecule has 0 bridgehead atoms. The Hall–Kier alpha value is -2.31. The predicted molar refractivity (Wildman–Crippen MR) is 96.3 cm³/mol. The summed E-state index contributed by atoms with van der Waals surface area (Å²) in [4.78, 5) is 21.1. The molecule has 0 spiro atoms. The van der Waals surface area contributed by atoms with Crippen molar-refractivity contribution in [2.24, 2.45) is 0 Å². The summed E-state index contributed by atoms with van der Waals surface area (Å²) in [6.07, 6.45) is 0.942. The molecule has 1 aromatic heterocycles. The van der Waals surface area contributed by atoms with Gasteiger partial charge in [0.2, 0.25) is 5.03 Å². The molecular formula is C13H15AsClN3O9S. The maximum Gasteiger partial charge on any atom is 0.340 e. The van der Waals surface area contributed by atoms with Crippen molar-refractivity contribution in [3.63, 3.8) is 0 Å². The number of carboxylic acid groups (broad SMARTS) is 1. The van der Waals surface area contributed by atoms with Crippen LogP contribution in [0.25, 0.3) is 0 Å². The second-order valence-electron chi connectivity index (χ2n) is 4.93. The summed E-state index contributed by atoms with van der Waals surface area (Å²) in [6, 6.07) is 3.87. The van der Waals surface area contributed by atoms with Gasteiger partial charge in [0, 0.05) is 16.9 Å². The minimum Gasteiger partial charge on any atom is -0.478 e. The first-order valence-electron chi connectivity index (χ1n) is 7.01. The number of halogens is 1. The number of H-pyrrole nitrogens is 1. The van der Waals surface area contributed by atoms with E-state index in [1.807, 2.05) is 0 Å². The van der Waals surface area contributed by atoms with E-state index in [-0.39, 0.29) is 16.0 Å². The average molecular weight is 500 g/mol. The SMILES string of the molecule is CO[As](=O)(O)c1cc(NC(C)=O)ccc1O.O=C(O)c1c[nH]nc1S(=O)(=O)Cl.